The highest BCUT2D eigenvalue weighted by Crippen LogP contribution is 1.99. The lowest BCUT2D eigenvalue weighted by Gasteiger charge is -2.07. The molecular weight excluding hydrogens is 206 g/mol. The van der Waals surface area contributed by atoms with Crippen LogP contribution in [0.4, 0.5) is 0 Å². The van der Waals surface area contributed by atoms with Crippen LogP contribution in [0.5, 0.6) is 0 Å². The Hall–Kier alpha value is -0.990. The molecule has 7 nitrogen and oxygen atoms in total. The van der Waals surface area contributed by atoms with Crippen LogP contribution in [0.3, 0.4) is 0 Å². The minimum Gasteiger partial charge on any atom is -0.308 e. The van der Waals surface area contributed by atoms with Crippen LogP contribution in [-0.2, 0) is 16.6 Å². The number of aromatic nitrogens is 3. The quantitative estimate of drug-likeness (QED) is 0.664. The molecule has 8 heteroatoms. The molecule has 0 aliphatic rings. The molecule has 0 bridgehead atoms. The molecule has 0 aromatic carbocycles. The average molecular weight is 219 g/mol. The Morgan fingerprint density at radius 3 is 2.64 bits per heavy atom. The number of hydrogen-bond donors (Lipinski definition) is 1. The largest absolute Gasteiger partial charge is 0.308 e. The summed E-state index contributed by atoms with van der Waals surface area (Å²) in [5.41, 5.74) is 0. The number of primary sulfonamides is 1. The summed E-state index contributed by atoms with van der Waals surface area (Å²) in [6, 6.07) is 0. The van der Waals surface area contributed by atoms with Gasteiger partial charge in [-0.05, 0) is 14.1 Å². The maximum absolute atomic E-state index is 10.8. The van der Waals surface area contributed by atoms with E-state index in [1.54, 1.807) is 0 Å². The molecule has 0 radical (unpaired) electrons. The second-order valence-electron chi connectivity index (χ2n) is 3.17. The number of nitrogens with zero attached hydrogens (tertiary/aromatic N) is 4. The van der Waals surface area contributed by atoms with Crippen LogP contribution in [0.15, 0.2) is 11.2 Å². The molecule has 0 atom stereocenters. The second kappa shape index (κ2) is 4.03. The van der Waals surface area contributed by atoms with Crippen molar-refractivity contribution in [3.63, 3.8) is 0 Å². The van der Waals surface area contributed by atoms with Crippen LogP contribution >= 0.6 is 0 Å². The molecule has 0 aliphatic carbocycles. The van der Waals surface area contributed by atoms with Gasteiger partial charge in [0.25, 0.3) is 10.0 Å². The van der Waals surface area contributed by atoms with Gasteiger partial charge in [-0.1, -0.05) is 5.21 Å². The lowest BCUT2D eigenvalue weighted by Crippen LogP contribution is -2.18. The van der Waals surface area contributed by atoms with Crippen molar-refractivity contribution in [1.29, 1.82) is 0 Å². The van der Waals surface area contributed by atoms with E-state index in [9.17, 15) is 8.42 Å². The third-order valence-corrected chi connectivity index (χ3v) is 2.36. The Morgan fingerprint density at radius 2 is 2.21 bits per heavy atom. The molecule has 0 amide bonds. The summed E-state index contributed by atoms with van der Waals surface area (Å²) in [7, 11) is 0.0998. The first-order chi connectivity index (χ1) is 6.39. The molecule has 80 valence electrons. The standard InChI is InChI=1S/C6H13N5O2S/c1-10(2)3-4-11-5-6(8-9-11)14(7,12)13/h5H,3-4H2,1-2H3,(H2,7,12,13). The Morgan fingerprint density at radius 1 is 1.57 bits per heavy atom. The van der Waals surface area contributed by atoms with Crippen molar-refractivity contribution < 1.29 is 8.42 Å². The fourth-order valence-corrected chi connectivity index (χ4v) is 1.24. The molecular formula is C6H13N5O2S. The zero-order valence-electron chi connectivity index (χ0n) is 8.08. The molecule has 1 aromatic heterocycles. The summed E-state index contributed by atoms with van der Waals surface area (Å²) >= 11 is 0. The predicted octanol–water partition coefficient (Wildman–Crippen LogP) is -1.51. The molecule has 0 saturated heterocycles. The molecule has 14 heavy (non-hydrogen) atoms. The van der Waals surface area contributed by atoms with Gasteiger partial charge in [0.1, 0.15) is 0 Å². The topological polar surface area (TPSA) is 94.1 Å². The number of likely N-dealkylation sites (N-methyl/N-ethyl adjacent to an activating group) is 1. The van der Waals surface area contributed by atoms with Crippen LogP contribution < -0.4 is 5.14 Å². The van der Waals surface area contributed by atoms with Crippen molar-refractivity contribution in [1.82, 2.24) is 19.9 Å². The van der Waals surface area contributed by atoms with Gasteiger partial charge in [-0.2, -0.15) is 0 Å². The van der Waals surface area contributed by atoms with Crippen molar-refractivity contribution in [3.8, 4) is 0 Å². The highest BCUT2D eigenvalue weighted by molar-refractivity contribution is 7.89. The van der Waals surface area contributed by atoms with E-state index in [-0.39, 0.29) is 5.03 Å². The van der Waals surface area contributed by atoms with E-state index in [0.717, 1.165) is 6.54 Å². The molecule has 0 saturated carbocycles. The molecule has 0 fully saturated rings. The fraction of sp³-hybridized carbons (Fsp3) is 0.667. The minimum atomic E-state index is -3.73. The average Bonchev–Trinajstić information content (AvgIpc) is 2.47. The van der Waals surface area contributed by atoms with Gasteiger partial charge in [-0.3, -0.25) is 0 Å². The molecule has 1 rings (SSSR count). The summed E-state index contributed by atoms with van der Waals surface area (Å²) in [5.74, 6) is 0. The summed E-state index contributed by atoms with van der Waals surface area (Å²) in [6.07, 6.45) is 1.32. The Balaban J connectivity index is 2.70. The van der Waals surface area contributed by atoms with E-state index in [4.69, 9.17) is 5.14 Å². The van der Waals surface area contributed by atoms with Crippen LogP contribution in [0.25, 0.3) is 0 Å². The zero-order valence-corrected chi connectivity index (χ0v) is 8.90. The van der Waals surface area contributed by atoms with Gasteiger partial charge < -0.3 is 4.90 Å². The third-order valence-electron chi connectivity index (χ3n) is 1.59. The molecule has 1 heterocycles. The maximum Gasteiger partial charge on any atom is 0.259 e. The zero-order chi connectivity index (χ0) is 10.8. The van der Waals surface area contributed by atoms with Crippen LogP contribution in [0, 0.1) is 0 Å². The first kappa shape index (κ1) is 11.1. The van der Waals surface area contributed by atoms with Gasteiger partial charge in [-0.15, -0.1) is 5.10 Å². The van der Waals surface area contributed by atoms with Gasteiger partial charge in [0.2, 0.25) is 5.03 Å². The first-order valence-electron chi connectivity index (χ1n) is 3.97. The molecule has 0 unspecified atom stereocenters. The van der Waals surface area contributed by atoms with Gasteiger partial charge in [0, 0.05) is 6.54 Å². The normalized spacial score (nSPS) is 12.3. The highest BCUT2D eigenvalue weighted by atomic mass is 32.2. The molecule has 0 aliphatic heterocycles. The van der Waals surface area contributed by atoms with Crippen molar-refractivity contribution in [2.45, 2.75) is 11.6 Å². The van der Waals surface area contributed by atoms with E-state index < -0.39 is 10.0 Å². The lowest BCUT2D eigenvalue weighted by molar-refractivity contribution is 0.370. The van der Waals surface area contributed by atoms with Gasteiger partial charge in [0.15, 0.2) is 0 Å². The fourth-order valence-electron chi connectivity index (χ4n) is 0.823. The summed E-state index contributed by atoms with van der Waals surface area (Å²) < 4.78 is 23.1. The third kappa shape index (κ3) is 3.05. The first-order valence-corrected chi connectivity index (χ1v) is 5.52. The monoisotopic (exact) mass is 219 g/mol. The SMILES string of the molecule is CN(C)CCn1cc(S(N)(=O)=O)nn1. The second-order valence-corrected chi connectivity index (χ2v) is 4.68. The van der Waals surface area contributed by atoms with Gasteiger partial charge >= 0.3 is 0 Å². The lowest BCUT2D eigenvalue weighted by atomic mass is 10.6. The van der Waals surface area contributed by atoms with Gasteiger partial charge in [-0.25, -0.2) is 18.2 Å². The maximum atomic E-state index is 10.8. The number of sulfonamides is 1. The van der Waals surface area contributed by atoms with E-state index in [1.165, 1.54) is 10.9 Å². The van der Waals surface area contributed by atoms with E-state index in [2.05, 4.69) is 10.3 Å². The van der Waals surface area contributed by atoms with Crippen LogP contribution in [0.2, 0.25) is 0 Å². The van der Waals surface area contributed by atoms with E-state index in [1.807, 2.05) is 19.0 Å². The molecule has 1 aromatic rings. The van der Waals surface area contributed by atoms with E-state index >= 15 is 0 Å². The van der Waals surface area contributed by atoms with Crippen molar-refractivity contribution in [2.24, 2.45) is 5.14 Å². The molecule has 0 spiro atoms. The Labute approximate surface area is 82.5 Å². The predicted molar refractivity (Wildman–Crippen MR) is 49.9 cm³/mol. The number of hydrogen-bond acceptors (Lipinski definition) is 5. The van der Waals surface area contributed by atoms with E-state index in [0.29, 0.717) is 6.54 Å². The van der Waals surface area contributed by atoms with Crippen molar-refractivity contribution in [2.75, 3.05) is 20.6 Å². The number of rotatable bonds is 4. The summed E-state index contributed by atoms with van der Waals surface area (Å²) in [4.78, 5) is 1.96. The Bertz CT molecular complexity index is 396. The molecule has 2 N–H and O–H groups in total. The minimum absolute atomic E-state index is 0.198. The number of nitrogens with two attached hydrogens (primary N) is 1. The summed E-state index contributed by atoms with van der Waals surface area (Å²) in [6.45, 7) is 1.34. The Kier molecular flexibility index (Phi) is 3.19. The van der Waals surface area contributed by atoms with Crippen molar-refractivity contribution in [3.05, 3.63) is 6.20 Å². The van der Waals surface area contributed by atoms with Crippen molar-refractivity contribution >= 4 is 10.0 Å². The summed E-state index contributed by atoms with van der Waals surface area (Å²) in [5, 5.41) is 11.8. The highest BCUT2D eigenvalue weighted by Gasteiger charge is 2.12. The van der Waals surface area contributed by atoms with Crippen LogP contribution in [0.1, 0.15) is 0 Å². The van der Waals surface area contributed by atoms with Crippen LogP contribution in [-0.4, -0.2) is 49.0 Å². The van der Waals surface area contributed by atoms with Gasteiger partial charge in [0.05, 0.1) is 12.7 Å². The smallest absolute Gasteiger partial charge is 0.259 e.